The van der Waals surface area contributed by atoms with E-state index in [4.69, 9.17) is 14.2 Å². The second-order valence-corrected chi connectivity index (χ2v) is 19.2. The van der Waals surface area contributed by atoms with E-state index in [2.05, 4.69) is 93.7 Å². The number of rotatable bonds is 52. The highest BCUT2D eigenvalue weighted by Gasteiger charge is 2.19. The second-order valence-electron chi connectivity index (χ2n) is 19.2. The molecule has 1 atom stereocenters. The van der Waals surface area contributed by atoms with Crippen molar-refractivity contribution < 1.29 is 28.6 Å². The fourth-order valence-electron chi connectivity index (χ4n) is 8.01. The molecule has 0 aromatic carbocycles. The first-order valence-electron chi connectivity index (χ1n) is 28.9. The van der Waals surface area contributed by atoms with Crippen LogP contribution in [-0.2, 0) is 28.6 Å². The topological polar surface area (TPSA) is 78.9 Å². The molecule has 0 radical (unpaired) electrons. The highest BCUT2D eigenvalue weighted by molar-refractivity contribution is 5.71. The van der Waals surface area contributed by atoms with Crippen LogP contribution in [0.3, 0.4) is 0 Å². The molecular formula is C62H108O6. The number of hydrogen-bond acceptors (Lipinski definition) is 6. The van der Waals surface area contributed by atoms with Crippen molar-refractivity contribution in [2.75, 3.05) is 13.2 Å². The first-order valence-corrected chi connectivity index (χ1v) is 28.9. The van der Waals surface area contributed by atoms with Crippen LogP contribution in [0.15, 0.2) is 72.9 Å². The summed E-state index contributed by atoms with van der Waals surface area (Å²) in [7, 11) is 0. The third-order valence-electron chi connectivity index (χ3n) is 12.4. The first-order chi connectivity index (χ1) is 33.5. The van der Waals surface area contributed by atoms with Crippen LogP contribution in [0.2, 0.25) is 0 Å². The van der Waals surface area contributed by atoms with E-state index < -0.39 is 6.10 Å². The van der Waals surface area contributed by atoms with Crippen molar-refractivity contribution in [3.05, 3.63) is 72.9 Å². The predicted molar refractivity (Wildman–Crippen MR) is 293 cm³/mol. The van der Waals surface area contributed by atoms with Crippen LogP contribution in [-0.4, -0.2) is 37.2 Å². The highest BCUT2D eigenvalue weighted by atomic mass is 16.6. The molecule has 0 saturated heterocycles. The van der Waals surface area contributed by atoms with Gasteiger partial charge in [0.1, 0.15) is 13.2 Å². The van der Waals surface area contributed by atoms with Gasteiger partial charge in [-0.3, -0.25) is 14.4 Å². The van der Waals surface area contributed by atoms with Crippen LogP contribution in [0.5, 0.6) is 0 Å². The van der Waals surface area contributed by atoms with Gasteiger partial charge >= 0.3 is 17.9 Å². The highest BCUT2D eigenvalue weighted by Crippen LogP contribution is 2.14. The van der Waals surface area contributed by atoms with Crippen molar-refractivity contribution in [2.24, 2.45) is 0 Å². The Morgan fingerprint density at radius 1 is 0.294 bits per heavy atom. The molecular weight excluding hydrogens is 841 g/mol. The third kappa shape index (κ3) is 53.8. The first kappa shape index (κ1) is 64.8. The molecule has 0 aliphatic carbocycles. The van der Waals surface area contributed by atoms with Gasteiger partial charge in [0, 0.05) is 19.3 Å². The third-order valence-corrected chi connectivity index (χ3v) is 12.4. The number of hydrogen-bond donors (Lipinski definition) is 0. The van der Waals surface area contributed by atoms with Gasteiger partial charge in [0.2, 0.25) is 0 Å². The molecule has 0 aromatic heterocycles. The SMILES string of the molecule is CCCCC/C=C\C/C=C\C/C=C\C/C=C\CCCC(=O)OC[C@@H](COC(=O)CCCCCCC/C=C\CCCCCCCCC)OC(=O)CCCCCCCCC/C=C\CCCCCCCC. The average molecular weight is 950 g/mol. The summed E-state index contributed by atoms with van der Waals surface area (Å²) in [6.45, 7) is 6.57. The van der Waals surface area contributed by atoms with E-state index >= 15 is 0 Å². The number of carbonyl (C=O) groups is 3. The predicted octanol–water partition coefficient (Wildman–Crippen LogP) is 19.4. The van der Waals surface area contributed by atoms with Crippen LogP contribution in [0.4, 0.5) is 0 Å². The maximum absolute atomic E-state index is 12.9. The van der Waals surface area contributed by atoms with Gasteiger partial charge in [0.25, 0.3) is 0 Å². The van der Waals surface area contributed by atoms with Gasteiger partial charge in [-0.05, 0) is 109 Å². The Bertz CT molecular complexity index is 1270. The quantitative estimate of drug-likeness (QED) is 0.0262. The van der Waals surface area contributed by atoms with Gasteiger partial charge < -0.3 is 14.2 Å². The summed E-state index contributed by atoms with van der Waals surface area (Å²) in [4.78, 5) is 38.1. The zero-order valence-electron chi connectivity index (χ0n) is 44.9. The Morgan fingerprint density at radius 2 is 0.544 bits per heavy atom. The van der Waals surface area contributed by atoms with Gasteiger partial charge in [-0.2, -0.15) is 0 Å². The number of esters is 3. The fraction of sp³-hybridized carbons (Fsp3) is 0.758. The van der Waals surface area contributed by atoms with Crippen molar-refractivity contribution >= 4 is 17.9 Å². The number of unbranched alkanes of at least 4 members (excludes halogenated alkanes) is 29. The fourth-order valence-corrected chi connectivity index (χ4v) is 8.01. The van der Waals surface area contributed by atoms with Crippen molar-refractivity contribution in [3.63, 3.8) is 0 Å². The summed E-state index contributed by atoms with van der Waals surface area (Å²) in [6, 6.07) is 0. The van der Waals surface area contributed by atoms with Crippen molar-refractivity contribution in [1.82, 2.24) is 0 Å². The summed E-state index contributed by atoms with van der Waals surface area (Å²) >= 11 is 0. The van der Waals surface area contributed by atoms with E-state index in [-0.39, 0.29) is 37.5 Å². The van der Waals surface area contributed by atoms with E-state index in [9.17, 15) is 14.4 Å². The summed E-state index contributed by atoms with van der Waals surface area (Å²) in [5.41, 5.74) is 0. The molecule has 0 fully saturated rings. The lowest BCUT2D eigenvalue weighted by Crippen LogP contribution is -2.30. The van der Waals surface area contributed by atoms with Crippen molar-refractivity contribution in [2.45, 2.75) is 290 Å². The number of carbonyl (C=O) groups excluding carboxylic acids is 3. The smallest absolute Gasteiger partial charge is 0.306 e. The molecule has 6 heteroatoms. The molecule has 6 nitrogen and oxygen atoms in total. The van der Waals surface area contributed by atoms with Crippen molar-refractivity contribution in [1.29, 1.82) is 0 Å². The molecule has 68 heavy (non-hydrogen) atoms. The molecule has 0 unspecified atom stereocenters. The molecule has 0 aromatic rings. The number of allylic oxidation sites excluding steroid dienone is 12. The monoisotopic (exact) mass is 949 g/mol. The van der Waals surface area contributed by atoms with Crippen LogP contribution >= 0.6 is 0 Å². The Balaban J connectivity index is 4.48. The Labute approximate surface area is 421 Å². The van der Waals surface area contributed by atoms with Crippen LogP contribution in [0, 0.1) is 0 Å². The average Bonchev–Trinajstić information content (AvgIpc) is 3.34. The molecule has 0 bridgehead atoms. The van der Waals surface area contributed by atoms with Gasteiger partial charge in [0.15, 0.2) is 6.10 Å². The standard InChI is InChI=1S/C62H108O6/c1-4-7-10-13-16-19-22-25-28-31-34-37-40-43-46-49-52-55-61(64)67-58-59(57-66-60(63)54-51-48-45-42-39-36-33-30-27-24-21-18-15-12-9-6-3)68-62(65)56-53-50-47-44-41-38-35-32-29-26-23-20-17-14-11-8-5-2/h16,19,25-26,28-30,33-34,37,43,46,59H,4-15,17-18,20-24,27,31-32,35-36,38-42,44-45,47-58H2,1-3H3/b19-16-,28-25-,29-26-,33-30-,37-34-,46-43-/t59-/m1/s1. The van der Waals surface area contributed by atoms with Gasteiger partial charge in [-0.1, -0.05) is 229 Å². The summed E-state index contributed by atoms with van der Waals surface area (Å²) in [5, 5.41) is 0. The minimum atomic E-state index is -0.803. The summed E-state index contributed by atoms with van der Waals surface area (Å²) in [6.07, 6.45) is 71.8. The van der Waals surface area contributed by atoms with Crippen LogP contribution in [0.1, 0.15) is 284 Å². The van der Waals surface area contributed by atoms with Crippen LogP contribution in [0.25, 0.3) is 0 Å². The lowest BCUT2D eigenvalue weighted by atomic mass is 10.1. The molecule has 0 aliphatic heterocycles. The van der Waals surface area contributed by atoms with Gasteiger partial charge in [-0.25, -0.2) is 0 Å². The summed E-state index contributed by atoms with van der Waals surface area (Å²) < 4.78 is 16.8. The molecule has 0 amide bonds. The van der Waals surface area contributed by atoms with E-state index in [1.54, 1.807) is 0 Å². The normalized spacial score (nSPS) is 12.6. The minimum absolute atomic E-state index is 0.0977. The number of ether oxygens (including phenoxy) is 3. The maximum Gasteiger partial charge on any atom is 0.306 e. The molecule has 0 saturated carbocycles. The zero-order valence-corrected chi connectivity index (χ0v) is 44.9. The molecule has 0 aliphatic rings. The molecule has 0 rings (SSSR count). The molecule has 0 spiro atoms. The van der Waals surface area contributed by atoms with Gasteiger partial charge in [0.05, 0.1) is 0 Å². The lowest BCUT2D eigenvalue weighted by Gasteiger charge is -2.18. The van der Waals surface area contributed by atoms with Crippen molar-refractivity contribution in [3.8, 4) is 0 Å². The molecule has 0 N–H and O–H groups in total. The molecule has 392 valence electrons. The lowest BCUT2D eigenvalue weighted by molar-refractivity contribution is -0.167. The second kappa shape index (κ2) is 56.4. The van der Waals surface area contributed by atoms with E-state index in [1.807, 2.05) is 0 Å². The van der Waals surface area contributed by atoms with Crippen LogP contribution < -0.4 is 0 Å². The van der Waals surface area contributed by atoms with E-state index in [0.29, 0.717) is 19.3 Å². The maximum atomic E-state index is 12.9. The Kier molecular flexibility index (Phi) is 53.8. The summed E-state index contributed by atoms with van der Waals surface area (Å²) in [5.74, 6) is -0.960. The minimum Gasteiger partial charge on any atom is -0.462 e. The largest absolute Gasteiger partial charge is 0.462 e. The zero-order chi connectivity index (χ0) is 49.3. The van der Waals surface area contributed by atoms with Gasteiger partial charge in [-0.15, -0.1) is 0 Å². The van der Waals surface area contributed by atoms with E-state index in [1.165, 1.54) is 167 Å². The molecule has 0 heterocycles. The Hall–Kier alpha value is -3.15. The Morgan fingerprint density at radius 3 is 0.926 bits per heavy atom. The van der Waals surface area contributed by atoms with E-state index in [0.717, 1.165) is 70.6 Å².